The van der Waals surface area contributed by atoms with Crippen LogP contribution in [-0.4, -0.2) is 42.2 Å². The van der Waals surface area contributed by atoms with Crippen LogP contribution in [-0.2, 0) is 22.6 Å². The highest BCUT2D eigenvalue weighted by Crippen LogP contribution is 2.08. The van der Waals surface area contributed by atoms with Crippen LogP contribution in [0.2, 0.25) is 0 Å². The molecule has 0 aromatic carbocycles. The summed E-state index contributed by atoms with van der Waals surface area (Å²) in [6.07, 6.45) is 2.09. The number of nitrogens with zero attached hydrogens (tertiary/aromatic N) is 2. The molecule has 110 valence electrons. The lowest BCUT2D eigenvalue weighted by atomic mass is 10.1. The maximum Gasteiger partial charge on any atom is 0.0701 e. The molecular weight excluding hydrogens is 242 g/mol. The summed E-state index contributed by atoms with van der Waals surface area (Å²) >= 11 is 0. The van der Waals surface area contributed by atoms with E-state index in [1.54, 1.807) is 7.11 Å². The molecule has 0 radical (unpaired) electrons. The summed E-state index contributed by atoms with van der Waals surface area (Å²) in [7, 11) is 1.68. The largest absolute Gasteiger partial charge is 0.382 e. The highest BCUT2D eigenvalue weighted by Gasteiger charge is 2.11. The molecule has 0 amide bonds. The molecule has 19 heavy (non-hydrogen) atoms. The molecule has 0 aliphatic rings. The molecule has 1 aromatic heterocycles. The van der Waals surface area contributed by atoms with Crippen LogP contribution in [0.15, 0.2) is 6.20 Å². The minimum Gasteiger partial charge on any atom is -0.382 e. The van der Waals surface area contributed by atoms with Gasteiger partial charge in [0.05, 0.1) is 32.1 Å². The normalized spacial score (nSPS) is 12.1. The fourth-order valence-electron chi connectivity index (χ4n) is 1.61. The van der Waals surface area contributed by atoms with Crippen molar-refractivity contribution in [3.05, 3.63) is 17.5 Å². The molecule has 0 saturated carbocycles. The summed E-state index contributed by atoms with van der Waals surface area (Å²) in [5.74, 6) is 0. The molecule has 1 heterocycles. The lowest BCUT2D eigenvalue weighted by Crippen LogP contribution is -2.35. The van der Waals surface area contributed by atoms with Gasteiger partial charge in [-0.1, -0.05) is 0 Å². The zero-order chi connectivity index (χ0) is 14.3. The molecule has 0 aliphatic carbocycles. The number of nitrogens with one attached hydrogen (secondary N) is 1. The van der Waals surface area contributed by atoms with Crippen LogP contribution in [0.25, 0.3) is 0 Å². The summed E-state index contributed by atoms with van der Waals surface area (Å²) in [5, 5.41) is 7.97. The predicted octanol–water partition coefficient (Wildman–Crippen LogP) is 1.74. The zero-order valence-electron chi connectivity index (χ0n) is 12.8. The third-order valence-corrected chi connectivity index (χ3v) is 2.75. The molecule has 0 bridgehead atoms. The third kappa shape index (κ3) is 6.71. The summed E-state index contributed by atoms with van der Waals surface area (Å²) in [6.45, 7) is 12.1. The predicted molar refractivity (Wildman–Crippen MR) is 76.3 cm³/mol. The number of hydrogen-bond acceptors (Lipinski definition) is 4. The SMILES string of the molecule is COCCOCCn1cc(CNC(C)(C)C)c(C)n1. The maximum absolute atomic E-state index is 5.44. The maximum atomic E-state index is 5.44. The van der Waals surface area contributed by atoms with Crippen LogP contribution in [0, 0.1) is 6.92 Å². The van der Waals surface area contributed by atoms with Crippen LogP contribution in [0.4, 0.5) is 0 Å². The third-order valence-electron chi connectivity index (χ3n) is 2.75. The summed E-state index contributed by atoms with van der Waals surface area (Å²) < 4.78 is 12.3. The zero-order valence-corrected chi connectivity index (χ0v) is 12.8. The van der Waals surface area contributed by atoms with Crippen molar-refractivity contribution >= 4 is 0 Å². The summed E-state index contributed by atoms with van der Waals surface area (Å²) in [4.78, 5) is 0. The van der Waals surface area contributed by atoms with Crippen LogP contribution in [0.1, 0.15) is 32.0 Å². The Balaban J connectivity index is 2.36. The molecule has 0 saturated heterocycles. The fourth-order valence-corrected chi connectivity index (χ4v) is 1.61. The molecule has 1 rings (SSSR count). The number of methoxy groups -OCH3 is 1. The Morgan fingerprint density at radius 2 is 2.00 bits per heavy atom. The molecule has 1 N–H and O–H groups in total. The van der Waals surface area contributed by atoms with Crippen molar-refractivity contribution in [1.82, 2.24) is 15.1 Å². The lowest BCUT2D eigenvalue weighted by Gasteiger charge is -2.20. The first kappa shape index (κ1) is 16.1. The smallest absolute Gasteiger partial charge is 0.0701 e. The van der Waals surface area contributed by atoms with Gasteiger partial charge >= 0.3 is 0 Å². The first-order chi connectivity index (χ1) is 8.92. The molecule has 0 fully saturated rings. The highest BCUT2D eigenvalue weighted by molar-refractivity contribution is 5.15. The van der Waals surface area contributed by atoms with E-state index in [1.807, 2.05) is 11.6 Å². The molecule has 0 unspecified atom stereocenters. The van der Waals surface area contributed by atoms with E-state index >= 15 is 0 Å². The van der Waals surface area contributed by atoms with Gasteiger partial charge in [-0.05, 0) is 27.7 Å². The van der Waals surface area contributed by atoms with Crippen molar-refractivity contribution in [2.75, 3.05) is 26.9 Å². The minimum absolute atomic E-state index is 0.123. The molecule has 5 heteroatoms. The van der Waals surface area contributed by atoms with Gasteiger partial charge in [0.15, 0.2) is 0 Å². The molecule has 0 atom stereocenters. The monoisotopic (exact) mass is 269 g/mol. The van der Waals surface area contributed by atoms with Crippen LogP contribution < -0.4 is 5.32 Å². The lowest BCUT2D eigenvalue weighted by molar-refractivity contribution is 0.0654. The van der Waals surface area contributed by atoms with Gasteiger partial charge in [-0.15, -0.1) is 0 Å². The van der Waals surface area contributed by atoms with Gasteiger partial charge in [0, 0.05) is 31.0 Å². The average Bonchev–Trinajstić information content (AvgIpc) is 2.66. The van der Waals surface area contributed by atoms with Gasteiger partial charge < -0.3 is 14.8 Å². The molecular formula is C14H27N3O2. The second-order valence-corrected chi connectivity index (χ2v) is 5.71. The fraction of sp³-hybridized carbons (Fsp3) is 0.786. The van der Waals surface area contributed by atoms with E-state index in [0.717, 1.165) is 18.8 Å². The van der Waals surface area contributed by atoms with E-state index in [0.29, 0.717) is 19.8 Å². The topological polar surface area (TPSA) is 48.3 Å². The molecule has 1 aromatic rings. The van der Waals surface area contributed by atoms with E-state index in [-0.39, 0.29) is 5.54 Å². The first-order valence-electron chi connectivity index (χ1n) is 6.77. The van der Waals surface area contributed by atoms with E-state index < -0.39 is 0 Å². The Kier molecular flexibility index (Phi) is 6.48. The van der Waals surface area contributed by atoms with Gasteiger partial charge in [-0.25, -0.2) is 0 Å². The molecule has 0 spiro atoms. The van der Waals surface area contributed by atoms with E-state index in [4.69, 9.17) is 9.47 Å². The van der Waals surface area contributed by atoms with Crippen LogP contribution in [0.3, 0.4) is 0 Å². The number of ether oxygens (including phenoxy) is 2. The Morgan fingerprint density at radius 3 is 2.63 bits per heavy atom. The van der Waals surface area contributed by atoms with Crippen LogP contribution >= 0.6 is 0 Å². The Morgan fingerprint density at radius 1 is 1.26 bits per heavy atom. The number of aromatic nitrogens is 2. The van der Waals surface area contributed by atoms with E-state index in [9.17, 15) is 0 Å². The second kappa shape index (κ2) is 7.62. The second-order valence-electron chi connectivity index (χ2n) is 5.71. The molecule has 5 nitrogen and oxygen atoms in total. The Labute approximate surface area is 116 Å². The van der Waals surface area contributed by atoms with Crippen molar-refractivity contribution in [3.63, 3.8) is 0 Å². The van der Waals surface area contributed by atoms with Crippen molar-refractivity contribution in [3.8, 4) is 0 Å². The van der Waals surface area contributed by atoms with Crippen molar-refractivity contribution in [2.45, 2.75) is 46.3 Å². The molecule has 0 aliphatic heterocycles. The minimum atomic E-state index is 0.123. The summed E-state index contributed by atoms with van der Waals surface area (Å²) in [5.41, 5.74) is 2.44. The Bertz CT molecular complexity index is 369. The Hall–Kier alpha value is -0.910. The van der Waals surface area contributed by atoms with Gasteiger partial charge in [0.25, 0.3) is 0 Å². The van der Waals surface area contributed by atoms with Gasteiger partial charge in [0.2, 0.25) is 0 Å². The quantitative estimate of drug-likeness (QED) is 0.730. The average molecular weight is 269 g/mol. The number of hydrogen-bond donors (Lipinski definition) is 1. The van der Waals surface area contributed by atoms with Gasteiger partial charge in [-0.3, -0.25) is 4.68 Å². The standard InChI is InChI=1S/C14H27N3O2/c1-12-13(10-15-14(2,3)4)11-17(16-12)6-7-19-9-8-18-5/h11,15H,6-10H2,1-5H3. The first-order valence-corrected chi connectivity index (χ1v) is 6.77. The van der Waals surface area contributed by atoms with Gasteiger partial charge in [0.1, 0.15) is 0 Å². The number of aryl methyl sites for hydroxylation is 1. The van der Waals surface area contributed by atoms with Crippen molar-refractivity contribution < 1.29 is 9.47 Å². The van der Waals surface area contributed by atoms with Gasteiger partial charge in [-0.2, -0.15) is 5.10 Å². The van der Waals surface area contributed by atoms with Crippen molar-refractivity contribution in [2.24, 2.45) is 0 Å². The van der Waals surface area contributed by atoms with Crippen LogP contribution in [0.5, 0.6) is 0 Å². The number of rotatable bonds is 8. The van der Waals surface area contributed by atoms with E-state index in [1.165, 1.54) is 5.56 Å². The van der Waals surface area contributed by atoms with E-state index in [2.05, 4.69) is 37.4 Å². The summed E-state index contributed by atoms with van der Waals surface area (Å²) in [6, 6.07) is 0. The highest BCUT2D eigenvalue weighted by atomic mass is 16.5. The van der Waals surface area contributed by atoms with Crippen molar-refractivity contribution in [1.29, 1.82) is 0 Å².